The molecule has 0 radical (unpaired) electrons. The number of carbonyl (C=O) groups excluding carboxylic acids is 1. The molecule has 19 heavy (non-hydrogen) atoms. The van der Waals surface area contributed by atoms with Crippen LogP contribution in [0.1, 0.15) is 21.9 Å². The Kier molecular flexibility index (Phi) is 4.63. The Balaban J connectivity index is 1.87. The van der Waals surface area contributed by atoms with Crippen LogP contribution in [0.2, 0.25) is 0 Å². The average Bonchev–Trinajstić information content (AvgIpc) is 2.92. The lowest BCUT2D eigenvalue weighted by atomic mass is 10.3. The Morgan fingerprint density at radius 2 is 2.37 bits per heavy atom. The molecule has 2 aromatic rings. The first kappa shape index (κ1) is 13.2. The number of hydrogen-bond donors (Lipinski definition) is 2. The van der Waals surface area contributed by atoms with Crippen LogP contribution in [0.5, 0.6) is 0 Å². The molecular formula is C13H16N4O2. The average molecular weight is 260 g/mol. The summed E-state index contributed by atoms with van der Waals surface area (Å²) >= 11 is 0. The standard InChI is InChI=1S/C13H16N4O2/c1-19-8-11-3-2-4-12(17-11)13(18)15-6-5-10-7-14-9-16-10/h2-4,7,9H,5-6,8H2,1H3,(H,14,16)(H,15,18). The number of aromatic nitrogens is 3. The van der Waals surface area contributed by atoms with Gasteiger partial charge in [0.25, 0.3) is 5.91 Å². The van der Waals surface area contributed by atoms with Crippen LogP contribution in [0, 0.1) is 0 Å². The van der Waals surface area contributed by atoms with Crippen LogP contribution in [-0.2, 0) is 17.8 Å². The summed E-state index contributed by atoms with van der Waals surface area (Å²) in [7, 11) is 1.60. The topological polar surface area (TPSA) is 79.9 Å². The number of nitrogens with zero attached hydrogens (tertiary/aromatic N) is 2. The largest absolute Gasteiger partial charge is 0.378 e. The number of imidazole rings is 1. The molecule has 2 aromatic heterocycles. The third-order valence-electron chi connectivity index (χ3n) is 2.57. The quantitative estimate of drug-likeness (QED) is 0.809. The molecule has 0 saturated heterocycles. The molecule has 6 heteroatoms. The van der Waals surface area contributed by atoms with Crippen molar-refractivity contribution in [3.05, 3.63) is 47.8 Å². The maximum atomic E-state index is 11.9. The van der Waals surface area contributed by atoms with Gasteiger partial charge in [0, 0.05) is 32.0 Å². The minimum atomic E-state index is -0.183. The zero-order valence-electron chi connectivity index (χ0n) is 10.7. The van der Waals surface area contributed by atoms with Crippen molar-refractivity contribution in [1.82, 2.24) is 20.3 Å². The lowest BCUT2D eigenvalue weighted by molar-refractivity contribution is 0.0948. The second kappa shape index (κ2) is 6.65. The Morgan fingerprint density at radius 1 is 1.47 bits per heavy atom. The van der Waals surface area contributed by atoms with E-state index in [4.69, 9.17) is 4.74 Å². The first-order chi connectivity index (χ1) is 9.29. The smallest absolute Gasteiger partial charge is 0.269 e. The Hall–Kier alpha value is -2.21. The zero-order valence-corrected chi connectivity index (χ0v) is 10.7. The molecule has 2 heterocycles. The molecule has 1 amide bonds. The monoisotopic (exact) mass is 260 g/mol. The molecule has 0 bridgehead atoms. The number of hydrogen-bond acceptors (Lipinski definition) is 4. The number of pyridine rings is 1. The number of carbonyl (C=O) groups is 1. The van der Waals surface area contributed by atoms with E-state index in [0.717, 1.165) is 11.4 Å². The molecule has 100 valence electrons. The summed E-state index contributed by atoms with van der Waals surface area (Å²) < 4.78 is 4.99. The molecule has 0 aliphatic heterocycles. The molecule has 2 rings (SSSR count). The van der Waals surface area contributed by atoms with Gasteiger partial charge in [0.1, 0.15) is 5.69 Å². The van der Waals surface area contributed by atoms with Crippen LogP contribution in [0.4, 0.5) is 0 Å². The van der Waals surface area contributed by atoms with E-state index in [1.54, 1.807) is 31.8 Å². The molecule has 6 nitrogen and oxygen atoms in total. The van der Waals surface area contributed by atoms with Gasteiger partial charge in [0.2, 0.25) is 0 Å². The lowest BCUT2D eigenvalue weighted by Crippen LogP contribution is -2.26. The molecule has 0 aliphatic rings. The van der Waals surface area contributed by atoms with Crippen LogP contribution >= 0.6 is 0 Å². The van der Waals surface area contributed by atoms with Crippen molar-refractivity contribution in [2.75, 3.05) is 13.7 Å². The molecule has 0 saturated carbocycles. The van der Waals surface area contributed by atoms with Gasteiger partial charge in [-0.2, -0.15) is 0 Å². The van der Waals surface area contributed by atoms with Gasteiger partial charge in [-0.15, -0.1) is 0 Å². The second-order valence-corrected chi connectivity index (χ2v) is 4.03. The van der Waals surface area contributed by atoms with Crippen molar-refractivity contribution in [1.29, 1.82) is 0 Å². The van der Waals surface area contributed by atoms with Crippen molar-refractivity contribution >= 4 is 5.91 Å². The first-order valence-electron chi connectivity index (χ1n) is 6.00. The molecule has 2 N–H and O–H groups in total. The highest BCUT2D eigenvalue weighted by molar-refractivity contribution is 5.92. The van der Waals surface area contributed by atoms with E-state index in [9.17, 15) is 4.79 Å². The maximum absolute atomic E-state index is 11.9. The predicted octanol–water partition coefficient (Wildman–Crippen LogP) is 0.924. The van der Waals surface area contributed by atoms with Crippen molar-refractivity contribution in [3.8, 4) is 0 Å². The number of rotatable bonds is 6. The Morgan fingerprint density at radius 3 is 3.11 bits per heavy atom. The number of ether oxygens (including phenoxy) is 1. The third kappa shape index (κ3) is 3.89. The highest BCUT2D eigenvalue weighted by atomic mass is 16.5. The predicted molar refractivity (Wildman–Crippen MR) is 69.6 cm³/mol. The van der Waals surface area contributed by atoms with Crippen molar-refractivity contribution in [3.63, 3.8) is 0 Å². The third-order valence-corrected chi connectivity index (χ3v) is 2.57. The molecule has 0 aromatic carbocycles. The fourth-order valence-electron chi connectivity index (χ4n) is 1.66. The fourth-order valence-corrected chi connectivity index (χ4v) is 1.66. The van der Waals surface area contributed by atoms with E-state index in [0.29, 0.717) is 25.3 Å². The van der Waals surface area contributed by atoms with E-state index in [-0.39, 0.29) is 5.91 Å². The van der Waals surface area contributed by atoms with E-state index in [1.165, 1.54) is 0 Å². The van der Waals surface area contributed by atoms with Gasteiger partial charge in [0.15, 0.2) is 0 Å². The number of H-pyrrole nitrogens is 1. The lowest BCUT2D eigenvalue weighted by Gasteiger charge is -2.05. The molecule has 0 unspecified atom stereocenters. The van der Waals surface area contributed by atoms with Gasteiger partial charge in [-0.05, 0) is 12.1 Å². The summed E-state index contributed by atoms with van der Waals surface area (Å²) in [6.07, 6.45) is 4.07. The first-order valence-corrected chi connectivity index (χ1v) is 6.00. The highest BCUT2D eigenvalue weighted by Gasteiger charge is 2.07. The summed E-state index contributed by atoms with van der Waals surface area (Å²) in [4.78, 5) is 23.0. The second-order valence-electron chi connectivity index (χ2n) is 4.03. The van der Waals surface area contributed by atoms with E-state index >= 15 is 0 Å². The molecular weight excluding hydrogens is 244 g/mol. The summed E-state index contributed by atoms with van der Waals surface area (Å²) in [6.45, 7) is 0.937. The Bertz CT molecular complexity index is 525. The maximum Gasteiger partial charge on any atom is 0.269 e. The van der Waals surface area contributed by atoms with Gasteiger partial charge >= 0.3 is 0 Å². The fraction of sp³-hybridized carbons (Fsp3) is 0.308. The van der Waals surface area contributed by atoms with Crippen molar-refractivity contribution in [2.45, 2.75) is 13.0 Å². The van der Waals surface area contributed by atoms with Gasteiger partial charge in [-0.25, -0.2) is 9.97 Å². The number of nitrogens with one attached hydrogen (secondary N) is 2. The molecule has 0 fully saturated rings. The van der Waals surface area contributed by atoms with Crippen LogP contribution < -0.4 is 5.32 Å². The molecule has 0 spiro atoms. The summed E-state index contributed by atoms with van der Waals surface area (Å²) in [5.74, 6) is -0.183. The zero-order chi connectivity index (χ0) is 13.5. The number of methoxy groups -OCH3 is 1. The van der Waals surface area contributed by atoms with Crippen LogP contribution in [0.3, 0.4) is 0 Å². The number of aromatic amines is 1. The summed E-state index contributed by atoms with van der Waals surface area (Å²) in [6, 6.07) is 5.31. The summed E-state index contributed by atoms with van der Waals surface area (Å²) in [5, 5.41) is 2.82. The van der Waals surface area contributed by atoms with Crippen molar-refractivity contribution < 1.29 is 9.53 Å². The molecule has 0 aliphatic carbocycles. The number of amides is 1. The normalized spacial score (nSPS) is 10.4. The van der Waals surface area contributed by atoms with Gasteiger partial charge in [-0.1, -0.05) is 6.07 Å². The highest BCUT2D eigenvalue weighted by Crippen LogP contribution is 2.01. The van der Waals surface area contributed by atoms with Crippen molar-refractivity contribution in [2.24, 2.45) is 0 Å². The summed E-state index contributed by atoms with van der Waals surface area (Å²) in [5.41, 5.74) is 2.13. The van der Waals surface area contributed by atoms with Gasteiger partial charge < -0.3 is 15.0 Å². The van der Waals surface area contributed by atoms with E-state index < -0.39 is 0 Å². The van der Waals surface area contributed by atoms with Gasteiger partial charge in [-0.3, -0.25) is 4.79 Å². The minimum Gasteiger partial charge on any atom is -0.378 e. The van der Waals surface area contributed by atoms with Gasteiger partial charge in [0.05, 0.1) is 18.6 Å². The van der Waals surface area contributed by atoms with Crippen LogP contribution in [0.15, 0.2) is 30.7 Å². The van der Waals surface area contributed by atoms with E-state index in [1.807, 2.05) is 6.07 Å². The van der Waals surface area contributed by atoms with E-state index in [2.05, 4.69) is 20.3 Å². The minimum absolute atomic E-state index is 0.183. The van der Waals surface area contributed by atoms with Crippen LogP contribution in [0.25, 0.3) is 0 Å². The van der Waals surface area contributed by atoms with Crippen LogP contribution in [-0.4, -0.2) is 34.5 Å². The Labute approximate surface area is 111 Å². The molecule has 0 atom stereocenters. The SMILES string of the molecule is COCc1cccc(C(=O)NCCc2cnc[nH]2)n1.